The Balaban J connectivity index is 2.45. The number of benzene rings is 1. The number of quaternary nitrogens is 2. The van der Waals surface area contributed by atoms with E-state index in [1.54, 1.807) is 11.4 Å². The minimum atomic E-state index is -1.20. The molecular formula is C16H26N3O3+. The summed E-state index contributed by atoms with van der Waals surface area (Å²) in [4.78, 5) is 24.4. The summed E-state index contributed by atoms with van der Waals surface area (Å²) in [7, 11) is 4.09. The average molecular weight is 308 g/mol. The lowest BCUT2D eigenvalue weighted by Crippen LogP contribution is -3.06. The highest BCUT2D eigenvalue weighted by molar-refractivity contribution is 5.93. The first kappa shape index (κ1) is 18.1. The van der Waals surface area contributed by atoms with Crippen molar-refractivity contribution in [1.29, 1.82) is 0 Å². The molecule has 1 rings (SSSR count). The third kappa shape index (κ3) is 7.19. The van der Waals surface area contributed by atoms with E-state index < -0.39 is 12.0 Å². The van der Waals surface area contributed by atoms with Crippen LogP contribution < -0.4 is 20.6 Å². The number of aliphatic carboxylic acids is 1. The second kappa shape index (κ2) is 9.17. The number of carboxylic acids is 1. The average Bonchev–Trinajstić information content (AvgIpc) is 2.41. The Kier molecular flexibility index (Phi) is 7.56. The van der Waals surface area contributed by atoms with Crippen LogP contribution in [0.15, 0.2) is 24.3 Å². The van der Waals surface area contributed by atoms with Gasteiger partial charge in [0, 0.05) is 12.1 Å². The fraction of sp³-hybridized carbons (Fsp3) is 0.500. The molecule has 4 N–H and O–H groups in total. The number of carboxylic acid groups (broad SMARTS) is 1. The van der Waals surface area contributed by atoms with E-state index in [0.29, 0.717) is 12.2 Å². The fourth-order valence-corrected chi connectivity index (χ4v) is 2.17. The summed E-state index contributed by atoms with van der Waals surface area (Å²) in [5, 5.41) is 15.5. The predicted molar refractivity (Wildman–Crippen MR) is 82.3 cm³/mol. The van der Waals surface area contributed by atoms with E-state index >= 15 is 0 Å². The van der Waals surface area contributed by atoms with Gasteiger partial charge in [-0.05, 0) is 24.6 Å². The minimum absolute atomic E-state index is 0.0922. The van der Waals surface area contributed by atoms with Gasteiger partial charge in [0.2, 0.25) is 5.91 Å². The van der Waals surface area contributed by atoms with Crippen molar-refractivity contribution in [3.8, 4) is 0 Å². The van der Waals surface area contributed by atoms with Crippen LogP contribution in [-0.2, 0) is 9.59 Å². The van der Waals surface area contributed by atoms with Crippen molar-refractivity contribution in [3.63, 3.8) is 0 Å². The number of anilines is 1. The summed E-state index contributed by atoms with van der Waals surface area (Å²) in [6, 6.07) is 6.55. The molecule has 0 unspecified atom stereocenters. The van der Waals surface area contributed by atoms with E-state index in [1.165, 1.54) is 4.90 Å². The Labute approximate surface area is 131 Å². The monoisotopic (exact) mass is 308 g/mol. The lowest BCUT2D eigenvalue weighted by atomic mass is 10.1. The molecule has 6 heteroatoms. The molecule has 0 spiro atoms. The molecule has 0 bridgehead atoms. The summed E-state index contributed by atoms with van der Waals surface area (Å²) in [5.41, 5.74) is 1.71. The summed E-state index contributed by atoms with van der Waals surface area (Å²) in [6.07, 6.45) is 0.802. The molecule has 6 nitrogen and oxygen atoms in total. The molecule has 0 heterocycles. The van der Waals surface area contributed by atoms with Gasteiger partial charge in [0.15, 0.2) is 0 Å². The minimum Gasteiger partial charge on any atom is -0.544 e. The molecule has 22 heavy (non-hydrogen) atoms. The van der Waals surface area contributed by atoms with Crippen molar-refractivity contribution < 1.29 is 24.9 Å². The number of amides is 1. The number of nitrogens with two attached hydrogens (primary N) is 1. The molecule has 122 valence electrons. The van der Waals surface area contributed by atoms with Crippen LogP contribution in [0, 0.1) is 6.92 Å². The molecule has 1 aromatic carbocycles. The van der Waals surface area contributed by atoms with E-state index in [0.717, 1.165) is 18.5 Å². The van der Waals surface area contributed by atoms with E-state index in [4.69, 9.17) is 0 Å². The van der Waals surface area contributed by atoms with Crippen molar-refractivity contribution in [1.82, 2.24) is 0 Å². The third-order valence-electron chi connectivity index (χ3n) is 3.34. The SMILES string of the molecule is Cc1cccc(NC(=O)C[C@@H]([NH2+]CCC[NH+](C)C)C(=O)[O-])c1. The van der Waals surface area contributed by atoms with Gasteiger partial charge in [-0.3, -0.25) is 4.79 Å². The molecule has 0 fully saturated rings. The van der Waals surface area contributed by atoms with E-state index in [-0.39, 0.29) is 12.3 Å². The molecule has 0 aliphatic heterocycles. The number of carbonyl (C=O) groups excluding carboxylic acids is 2. The van der Waals surface area contributed by atoms with Gasteiger partial charge in [-0.15, -0.1) is 0 Å². The normalized spacial score (nSPS) is 12.2. The Morgan fingerprint density at radius 2 is 2.09 bits per heavy atom. The molecule has 0 saturated carbocycles. The molecule has 0 aromatic heterocycles. The zero-order valence-electron chi connectivity index (χ0n) is 13.5. The smallest absolute Gasteiger partial charge is 0.230 e. The third-order valence-corrected chi connectivity index (χ3v) is 3.34. The molecular weight excluding hydrogens is 282 g/mol. The number of aryl methyl sites for hydroxylation is 1. The number of nitrogens with one attached hydrogen (secondary N) is 2. The van der Waals surface area contributed by atoms with Crippen molar-refractivity contribution in [2.75, 3.05) is 32.5 Å². The Hall–Kier alpha value is -1.92. The zero-order chi connectivity index (χ0) is 16.5. The van der Waals surface area contributed by atoms with Gasteiger partial charge in [0.05, 0.1) is 39.6 Å². The second-order valence-electron chi connectivity index (χ2n) is 5.88. The maximum atomic E-state index is 12.0. The van der Waals surface area contributed by atoms with Crippen LogP contribution in [0.3, 0.4) is 0 Å². The fourth-order valence-electron chi connectivity index (χ4n) is 2.17. The van der Waals surface area contributed by atoms with Gasteiger partial charge in [0.25, 0.3) is 0 Å². The topological polar surface area (TPSA) is 90.3 Å². The van der Waals surface area contributed by atoms with Gasteiger partial charge in [0.1, 0.15) is 6.04 Å². The van der Waals surface area contributed by atoms with Crippen molar-refractivity contribution in [2.24, 2.45) is 0 Å². The highest BCUT2D eigenvalue weighted by Crippen LogP contribution is 2.09. The predicted octanol–water partition coefficient (Wildman–Crippen LogP) is -2.46. The summed E-state index contributed by atoms with van der Waals surface area (Å²) in [6.45, 7) is 3.56. The first-order chi connectivity index (χ1) is 10.4. The van der Waals surface area contributed by atoms with Gasteiger partial charge >= 0.3 is 0 Å². The Bertz CT molecular complexity index is 503. The molecule has 0 aliphatic carbocycles. The van der Waals surface area contributed by atoms with Crippen LogP contribution >= 0.6 is 0 Å². The van der Waals surface area contributed by atoms with Crippen molar-refractivity contribution in [3.05, 3.63) is 29.8 Å². The largest absolute Gasteiger partial charge is 0.544 e. The zero-order valence-corrected chi connectivity index (χ0v) is 13.5. The number of rotatable bonds is 9. The molecule has 0 aliphatic rings. The highest BCUT2D eigenvalue weighted by atomic mass is 16.4. The van der Waals surface area contributed by atoms with Crippen LogP contribution in [-0.4, -0.2) is 45.1 Å². The first-order valence-corrected chi connectivity index (χ1v) is 7.58. The van der Waals surface area contributed by atoms with E-state index in [2.05, 4.69) is 5.32 Å². The summed E-state index contributed by atoms with van der Waals surface area (Å²) < 4.78 is 0. The summed E-state index contributed by atoms with van der Waals surface area (Å²) >= 11 is 0. The van der Waals surface area contributed by atoms with Gasteiger partial charge in [-0.25, -0.2) is 0 Å². The van der Waals surface area contributed by atoms with Crippen LogP contribution in [0.4, 0.5) is 5.69 Å². The van der Waals surface area contributed by atoms with Gasteiger partial charge < -0.3 is 25.4 Å². The van der Waals surface area contributed by atoms with Crippen molar-refractivity contribution in [2.45, 2.75) is 25.8 Å². The number of hydrogen-bond acceptors (Lipinski definition) is 3. The summed E-state index contributed by atoms with van der Waals surface area (Å²) in [5.74, 6) is -1.51. The molecule has 1 atom stereocenters. The standard InChI is InChI=1S/C16H25N3O3/c1-12-6-4-7-13(10-12)18-15(20)11-14(16(21)22)17-8-5-9-19(2)3/h4,6-7,10,14,17H,5,8-9,11H2,1-3H3,(H,18,20)(H,21,22)/p+1/t14-/m1/s1. The molecule has 1 amide bonds. The second-order valence-corrected chi connectivity index (χ2v) is 5.88. The van der Waals surface area contributed by atoms with Crippen LogP contribution in [0.1, 0.15) is 18.4 Å². The molecule has 0 saturated heterocycles. The van der Waals surface area contributed by atoms with Gasteiger partial charge in [-0.2, -0.15) is 0 Å². The lowest BCUT2D eigenvalue weighted by molar-refractivity contribution is -0.860. The number of carbonyl (C=O) groups is 2. The van der Waals surface area contributed by atoms with Crippen molar-refractivity contribution >= 4 is 17.6 Å². The van der Waals surface area contributed by atoms with Crippen LogP contribution in [0.5, 0.6) is 0 Å². The Morgan fingerprint density at radius 3 is 2.68 bits per heavy atom. The first-order valence-electron chi connectivity index (χ1n) is 7.58. The van der Waals surface area contributed by atoms with E-state index in [1.807, 2.05) is 39.2 Å². The molecule has 0 radical (unpaired) electrons. The van der Waals surface area contributed by atoms with Crippen LogP contribution in [0.2, 0.25) is 0 Å². The Morgan fingerprint density at radius 1 is 1.36 bits per heavy atom. The quantitative estimate of drug-likeness (QED) is 0.442. The number of hydrogen-bond donors (Lipinski definition) is 3. The van der Waals surface area contributed by atoms with E-state index in [9.17, 15) is 14.7 Å². The highest BCUT2D eigenvalue weighted by Gasteiger charge is 2.18. The van der Waals surface area contributed by atoms with Crippen LogP contribution in [0.25, 0.3) is 0 Å². The maximum Gasteiger partial charge on any atom is 0.230 e. The lowest BCUT2D eigenvalue weighted by Gasteiger charge is -2.16. The van der Waals surface area contributed by atoms with Gasteiger partial charge in [-0.1, -0.05) is 12.1 Å². The molecule has 1 aromatic rings. The maximum absolute atomic E-state index is 12.0.